The summed E-state index contributed by atoms with van der Waals surface area (Å²) in [5.41, 5.74) is -0.994. The van der Waals surface area contributed by atoms with Crippen LogP contribution in [0.2, 0.25) is 0 Å². The van der Waals surface area contributed by atoms with Crippen LogP contribution in [0.1, 0.15) is 201 Å². The van der Waals surface area contributed by atoms with Gasteiger partial charge in [-0.15, -0.1) is 0 Å². The van der Waals surface area contributed by atoms with E-state index >= 15 is 0 Å². The van der Waals surface area contributed by atoms with Crippen molar-refractivity contribution >= 4 is 13.7 Å². The van der Waals surface area contributed by atoms with Crippen LogP contribution in [0, 0.1) is 5.41 Å². The molecule has 0 aliphatic heterocycles. The number of unbranched alkanes of at least 4 members (excludes halogenated alkanes) is 24. The summed E-state index contributed by atoms with van der Waals surface area (Å²) >= 11 is 0. The molecule has 0 saturated heterocycles. The monoisotopic (exact) mass is 604 g/mol. The fourth-order valence-electron chi connectivity index (χ4n) is 6.38. The minimum Gasteiger partial charge on any atom is -0.388 e. The predicted molar refractivity (Wildman–Crippen MR) is 178 cm³/mol. The standard InChI is InChI=1S/C35H72O5P/c1-4-7-8-9-10-11-12-13-14-15-16-17-18-19-20-21-22-23-24-25-26-27-28-29-30-31-33(36)35(5-2,6-3)34(37)32-41(38,39)40/h34,37-40H,4-32H2,1-3H3/q+1. The molecule has 0 heterocycles. The lowest BCUT2D eigenvalue weighted by atomic mass is 9.72. The van der Waals surface area contributed by atoms with E-state index < -0.39 is 25.6 Å². The summed E-state index contributed by atoms with van der Waals surface area (Å²) in [5, 5.41) is 10.5. The van der Waals surface area contributed by atoms with Crippen LogP contribution < -0.4 is 0 Å². The highest BCUT2D eigenvalue weighted by Crippen LogP contribution is 2.49. The van der Waals surface area contributed by atoms with Gasteiger partial charge in [0.2, 0.25) is 0 Å². The molecule has 1 atom stereocenters. The highest BCUT2D eigenvalue weighted by atomic mass is 31.2. The van der Waals surface area contributed by atoms with Crippen molar-refractivity contribution in [2.75, 3.05) is 6.16 Å². The zero-order valence-corrected chi connectivity index (χ0v) is 28.6. The molecule has 246 valence electrons. The van der Waals surface area contributed by atoms with E-state index in [4.69, 9.17) is 0 Å². The zero-order valence-electron chi connectivity index (χ0n) is 27.7. The maximum Gasteiger partial charge on any atom is 0.406 e. The maximum atomic E-state index is 12.9. The quantitative estimate of drug-likeness (QED) is 0.0453. The fourth-order valence-corrected chi connectivity index (χ4v) is 7.20. The molecular formula is C35H72O5P+. The molecule has 41 heavy (non-hydrogen) atoms. The minimum absolute atomic E-state index is 0.0162. The van der Waals surface area contributed by atoms with Crippen molar-refractivity contribution in [3.05, 3.63) is 0 Å². The lowest BCUT2D eigenvalue weighted by molar-refractivity contribution is -0.135. The van der Waals surface area contributed by atoms with E-state index in [-0.39, 0.29) is 5.78 Å². The lowest BCUT2D eigenvalue weighted by Crippen LogP contribution is -2.44. The van der Waals surface area contributed by atoms with Crippen LogP contribution in [0.5, 0.6) is 0 Å². The van der Waals surface area contributed by atoms with Gasteiger partial charge in [0, 0.05) is 6.42 Å². The number of hydrogen-bond acceptors (Lipinski definition) is 5. The Labute approximate surface area is 256 Å². The summed E-state index contributed by atoms with van der Waals surface area (Å²) in [4.78, 5) is 40.9. The number of carbonyl (C=O) groups is 1. The molecule has 0 spiro atoms. The molecular weight excluding hydrogens is 531 g/mol. The number of Topliss-reactive ketones (excluding diaryl/α,β-unsaturated/α-hetero) is 1. The Balaban J connectivity index is 3.50. The van der Waals surface area contributed by atoms with Crippen molar-refractivity contribution in [1.82, 2.24) is 0 Å². The second kappa shape index (κ2) is 27.5. The molecule has 0 aromatic rings. The molecule has 1 unspecified atom stereocenters. The summed E-state index contributed by atoms with van der Waals surface area (Å²) < 4.78 is 0. The van der Waals surface area contributed by atoms with Gasteiger partial charge in [0.15, 0.2) is 6.16 Å². The molecule has 0 fully saturated rings. The third-order valence-electron chi connectivity index (χ3n) is 9.38. The molecule has 0 aromatic carbocycles. The van der Waals surface area contributed by atoms with Crippen LogP contribution >= 0.6 is 7.94 Å². The predicted octanol–water partition coefficient (Wildman–Crippen LogP) is 10.6. The molecule has 0 aliphatic rings. The van der Waals surface area contributed by atoms with Crippen molar-refractivity contribution in [1.29, 1.82) is 0 Å². The zero-order chi connectivity index (χ0) is 30.7. The smallest absolute Gasteiger partial charge is 0.388 e. The topological polar surface area (TPSA) is 98.0 Å². The molecule has 0 bridgehead atoms. The summed E-state index contributed by atoms with van der Waals surface area (Å²) in [6, 6.07) is 0. The van der Waals surface area contributed by atoms with Crippen molar-refractivity contribution < 1.29 is 24.6 Å². The summed E-state index contributed by atoms with van der Waals surface area (Å²) in [6.07, 6.45) is 33.3. The van der Waals surface area contributed by atoms with Gasteiger partial charge in [0.05, 0.1) is 5.41 Å². The number of rotatable bonds is 32. The number of aliphatic hydroxyl groups is 1. The van der Waals surface area contributed by atoms with Gasteiger partial charge in [-0.2, -0.15) is 14.7 Å². The SMILES string of the molecule is CCCCCCCCCCCCCCCCCCCCCCCCCCCC(=O)C(CC)(CC)C(O)C[P+](O)(O)O. The average molecular weight is 604 g/mol. The van der Waals surface area contributed by atoms with E-state index in [1.165, 1.54) is 141 Å². The van der Waals surface area contributed by atoms with Crippen LogP contribution in [0.4, 0.5) is 0 Å². The van der Waals surface area contributed by atoms with Crippen LogP contribution in [0.15, 0.2) is 0 Å². The van der Waals surface area contributed by atoms with E-state index in [1.807, 2.05) is 13.8 Å². The molecule has 0 amide bonds. The normalized spacial score (nSPS) is 13.1. The Morgan fingerprint density at radius 2 is 0.780 bits per heavy atom. The number of ketones is 1. The van der Waals surface area contributed by atoms with E-state index in [1.54, 1.807) is 0 Å². The number of aliphatic hydroxyl groups excluding tert-OH is 1. The molecule has 0 aromatic heterocycles. The second-order valence-corrected chi connectivity index (χ2v) is 14.7. The van der Waals surface area contributed by atoms with E-state index in [9.17, 15) is 24.6 Å². The van der Waals surface area contributed by atoms with Gasteiger partial charge in [-0.25, -0.2) is 0 Å². The highest BCUT2D eigenvalue weighted by molar-refractivity contribution is 7.58. The van der Waals surface area contributed by atoms with Gasteiger partial charge >= 0.3 is 7.94 Å². The van der Waals surface area contributed by atoms with Gasteiger partial charge in [0.25, 0.3) is 0 Å². The first-order valence-corrected chi connectivity index (χ1v) is 19.8. The Kier molecular flexibility index (Phi) is 27.4. The molecule has 6 heteroatoms. The Morgan fingerprint density at radius 3 is 1.02 bits per heavy atom. The third-order valence-corrected chi connectivity index (χ3v) is 10.2. The van der Waals surface area contributed by atoms with Gasteiger partial charge < -0.3 is 5.11 Å². The third kappa shape index (κ3) is 23.1. The Morgan fingerprint density at radius 1 is 0.512 bits per heavy atom. The lowest BCUT2D eigenvalue weighted by Gasteiger charge is -2.34. The first-order valence-electron chi connectivity index (χ1n) is 18.0. The summed E-state index contributed by atoms with van der Waals surface area (Å²) in [5.74, 6) is -0.0162. The van der Waals surface area contributed by atoms with Crippen molar-refractivity contribution in [2.45, 2.75) is 207 Å². The largest absolute Gasteiger partial charge is 0.406 e. The van der Waals surface area contributed by atoms with E-state index in [0.717, 1.165) is 19.3 Å². The van der Waals surface area contributed by atoms with Crippen LogP contribution in [-0.4, -0.2) is 37.8 Å². The Hall–Kier alpha value is -0.0600. The average Bonchev–Trinajstić information content (AvgIpc) is 2.93. The summed E-state index contributed by atoms with van der Waals surface area (Å²) in [7, 11) is -4.11. The van der Waals surface area contributed by atoms with Crippen molar-refractivity contribution in [2.24, 2.45) is 5.41 Å². The molecule has 0 rings (SSSR count). The van der Waals surface area contributed by atoms with Gasteiger partial charge in [-0.1, -0.05) is 175 Å². The van der Waals surface area contributed by atoms with Crippen LogP contribution in [-0.2, 0) is 4.79 Å². The van der Waals surface area contributed by atoms with Crippen molar-refractivity contribution in [3.63, 3.8) is 0 Å². The van der Waals surface area contributed by atoms with E-state index in [0.29, 0.717) is 19.3 Å². The summed E-state index contributed by atoms with van der Waals surface area (Å²) in [6.45, 7) is 5.98. The second-order valence-electron chi connectivity index (χ2n) is 12.9. The number of carbonyl (C=O) groups excluding carboxylic acids is 1. The van der Waals surface area contributed by atoms with Gasteiger partial charge in [-0.3, -0.25) is 4.79 Å². The van der Waals surface area contributed by atoms with Crippen LogP contribution in [0.25, 0.3) is 0 Å². The van der Waals surface area contributed by atoms with Crippen LogP contribution in [0.3, 0.4) is 0 Å². The molecule has 5 nitrogen and oxygen atoms in total. The first-order chi connectivity index (χ1) is 19.7. The number of hydrogen-bond donors (Lipinski definition) is 4. The minimum atomic E-state index is -4.11. The van der Waals surface area contributed by atoms with Gasteiger partial charge in [-0.05, 0) is 19.3 Å². The van der Waals surface area contributed by atoms with Gasteiger partial charge in [0.1, 0.15) is 11.9 Å². The molecule has 4 N–H and O–H groups in total. The molecule has 0 saturated carbocycles. The van der Waals surface area contributed by atoms with Crippen molar-refractivity contribution in [3.8, 4) is 0 Å². The van der Waals surface area contributed by atoms with E-state index in [2.05, 4.69) is 6.92 Å². The molecule has 0 aliphatic carbocycles. The molecule has 0 radical (unpaired) electrons. The Bertz CT molecular complexity index is 573. The fraction of sp³-hybridized carbons (Fsp3) is 0.971. The highest BCUT2D eigenvalue weighted by Gasteiger charge is 2.47. The maximum absolute atomic E-state index is 12.9. The first kappa shape index (κ1) is 40.9.